The van der Waals surface area contributed by atoms with E-state index in [1.54, 1.807) is 12.1 Å². The Hall–Kier alpha value is -3.78. The lowest BCUT2D eigenvalue weighted by Gasteiger charge is -2.22. The molecule has 1 saturated heterocycles. The van der Waals surface area contributed by atoms with Crippen LogP contribution in [0.5, 0.6) is 5.95 Å². The van der Waals surface area contributed by atoms with Gasteiger partial charge in [-0.3, -0.25) is 10.1 Å². The number of carbonyl (C=O) groups is 2. The molecule has 8 heteroatoms. The Morgan fingerprint density at radius 1 is 1.06 bits per heavy atom. The van der Waals surface area contributed by atoms with E-state index in [9.17, 15) is 9.59 Å². The SMILES string of the molecule is Cc1ccc(-c2ccc(OC(=O)Nc3ccc(N4CCC(N(C)C)C4)cc3)o2)c(NC(=O)C(C)C)c1. The molecule has 0 radical (unpaired) electrons. The maximum Gasteiger partial charge on any atom is 0.419 e. The molecule has 0 spiro atoms. The molecule has 190 valence electrons. The average Bonchev–Trinajstić information content (AvgIpc) is 3.50. The molecule has 2 N–H and O–H groups in total. The topological polar surface area (TPSA) is 87.1 Å². The van der Waals surface area contributed by atoms with Gasteiger partial charge in [0.15, 0.2) is 0 Å². The summed E-state index contributed by atoms with van der Waals surface area (Å²) in [6.07, 6.45) is 0.494. The number of nitrogens with one attached hydrogen (secondary N) is 2. The number of benzene rings is 2. The number of anilines is 3. The number of ether oxygens (including phenoxy) is 1. The second-order valence-corrected chi connectivity index (χ2v) is 9.73. The first kappa shape index (κ1) is 25.3. The summed E-state index contributed by atoms with van der Waals surface area (Å²) in [5, 5.41) is 5.68. The van der Waals surface area contributed by atoms with Crippen molar-refractivity contribution in [2.75, 3.05) is 42.7 Å². The van der Waals surface area contributed by atoms with Gasteiger partial charge in [-0.2, -0.15) is 0 Å². The molecule has 2 amide bonds. The number of amides is 2. The zero-order valence-corrected chi connectivity index (χ0v) is 21.5. The summed E-state index contributed by atoms with van der Waals surface area (Å²) in [5.41, 5.74) is 4.13. The summed E-state index contributed by atoms with van der Waals surface area (Å²) in [5.74, 6) is 0.310. The van der Waals surface area contributed by atoms with Gasteiger partial charge in [0.2, 0.25) is 5.91 Å². The lowest BCUT2D eigenvalue weighted by molar-refractivity contribution is -0.118. The molecule has 1 aliphatic heterocycles. The highest BCUT2D eigenvalue weighted by molar-refractivity contribution is 5.96. The van der Waals surface area contributed by atoms with E-state index in [0.29, 0.717) is 28.7 Å². The third-order valence-corrected chi connectivity index (χ3v) is 6.37. The zero-order valence-electron chi connectivity index (χ0n) is 21.5. The predicted molar refractivity (Wildman–Crippen MR) is 143 cm³/mol. The number of hydrogen-bond acceptors (Lipinski definition) is 6. The normalized spacial score (nSPS) is 15.4. The molecule has 0 saturated carbocycles. The van der Waals surface area contributed by atoms with Gasteiger partial charge in [0.1, 0.15) is 5.76 Å². The fourth-order valence-corrected chi connectivity index (χ4v) is 4.16. The van der Waals surface area contributed by atoms with Crippen molar-refractivity contribution in [3.05, 3.63) is 60.2 Å². The van der Waals surface area contributed by atoms with E-state index < -0.39 is 6.09 Å². The van der Waals surface area contributed by atoms with Crippen LogP contribution in [0.15, 0.2) is 59.0 Å². The molecule has 1 aliphatic rings. The molecule has 1 fully saturated rings. The second kappa shape index (κ2) is 10.9. The first-order valence-electron chi connectivity index (χ1n) is 12.2. The van der Waals surface area contributed by atoms with Crippen LogP contribution in [0.1, 0.15) is 25.8 Å². The minimum absolute atomic E-state index is 0.0626. The van der Waals surface area contributed by atoms with Crippen molar-refractivity contribution < 1.29 is 18.7 Å². The van der Waals surface area contributed by atoms with Gasteiger partial charge < -0.3 is 24.3 Å². The fourth-order valence-electron chi connectivity index (χ4n) is 4.16. The Morgan fingerprint density at radius 2 is 1.81 bits per heavy atom. The van der Waals surface area contributed by atoms with E-state index in [1.807, 2.05) is 63.2 Å². The largest absolute Gasteiger partial charge is 0.425 e. The summed E-state index contributed by atoms with van der Waals surface area (Å²) < 4.78 is 11.1. The fraction of sp³-hybridized carbons (Fsp3) is 0.357. The summed E-state index contributed by atoms with van der Waals surface area (Å²) in [6, 6.07) is 17.3. The van der Waals surface area contributed by atoms with Crippen LogP contribution in [-0.4, -0.2) is 50.1 Å². The third-order valence-electron chi connectivity index (χ3n) is 6.37. The highest BCUT2D eigenvalue weighted by Gasteiger charge is 2.24. The van der Waals surface area contributed by atoms with Gasteiger partial charge in [-0.15, -0.1) is 0 Å². The maximum absolute atomic E-state index is 12.5. The van der Waals surface area contributed by atoms with Gasteiger partial charge >= 0.3 is 6.09 Å². The van der Waals surface area contributed by atoms with E-state index in [1.165, 1.54) is 0 Å². The van der Waals surface area contributed by atoms with Crippen LogP contribution in [0.4, 0.5) is 21.9 Å². The number of nitrogens with zero attached hydrogens (tertiary/aromatic N) is 2. The second-order valence-electron chi connectivity index (χ2n) is 9.73. The van der Waals surface area contributed by atoms with Crippen molar-refractivity contribution in [2.24, 2.45) is 5.92 Å². The smallest absolute Gasteiger partial charge is 0.419 e. The molecule has 36 heavy (non-hydrogen) atoms. The molecule has 2 aromatic carbocycles. The summed E-state index contributed by atoms with van der Waals surface area (Å²) in [4.78, 5) is 29.3. The highest BCUT2D eigenvalue weighted by atomic mass is 16.6. The van der Waals surface area contributed by atoms with E-state index in [4.69, 9.17) is 9.15 Å². The number of likely N-dealkylation sites (N-methyl/N-ethyl adjacent to an activating group) is 1. The maximum atomic E-state index is 12.5. The van der Waals surface area contributed by atoms with Crippen molar-refractivity contribution in [1.82, 2.24) is 4.90 Å². The molecule has 3 aromatic rings. The minimum Gasteiger partial charge on any atom is -0.425 e. The molecule has 1 unspecified atom stereocenters. The van der Waals surface area contributed by atoms with Gasteiger partial charge in [0.05, 0.1) is 5.69 Å². The monoisotopic (exact) mass is 490 g/mol. The van der Waals surface area contributed by atoms with Crippen molar-refractivity contribution in [1.29, 1.82) is 0 Å². The predicted octanol–water partition coefficient (Wildman–Crippen LogP) is 5.60. The molecule has 1 atom stereocenters. The number of rotatable bonds is 7. The third kappa shape index (κ3) is 6.07. The van der Waals surface area contributed by atoms with Crippen LogP contribution in [0.2, 0.25) is 0 Å². The van der Waals surface area contributed by atoms with Crippen LogP contribution < -0.4 is 20.3 Å². The Morgan fingerprint density at radius 3 is 2.47 bits per heavy atom. The molecule has 4 rings (SSSR count). The molecular weight excluding hydrogens is 456 g/mol. The molecule has 0 bridgehead atoms. The minimum atomic E-state index is -0.644. The van der Waals surface area contributed by atoms with E-state index in [2.05, 4.69) is 34.5 Å². The lowest BCUT2D eigenvalue weighted by atomic mass is 10.1. The number of carbonyl (C=O) groups excluding carboxylic acids is 2. The van der Waals surface area contributed by atoms with E-state index >= 15 is 0 Å². The van der Waals surface area contributed by atoms with Gasteiger partial charge in [-0.1, -0.05) is 19.9 Å². The van der Waals surface area contributed by atoms with Gasteiger partial charge in [-0.25, -0.2) is 4.79 Å². The van der Waals surface area contributed by atoms with Crippen molar-refractivity contribution >= 4 is 29.1 Å². The molecule has 0 aliphatic carbocycles. The van der Waals surface area contributed by atoms with Crippen LogP contribution in [0, 0.1) is 12.8 Å². The standard InChI is InChI=1S/C28H34N4O4/c1-18(2)27(33)30-24-16-19(3)6-11-23(24)25-12-13-26(35-25)36-28(34)29-20-7-9-21(10-8-20)32-15-14-22(17-32)31(4)5/h6-13,16,18,22H,14-15,17H2,1-5H3,(H,29,34)(H,30,33). The summed E-state index contributed by atoms with van der Waals surface area (Å²) >= 11 is 0. The Kier molecular flexibility index (Phi) is 7.64. The van der Waals surface area contributed by atoms with Gasteiger partial charge in [-0.05, 0) is 75.5 Å². The average molecular weight is 491 g/mol. The van der Waals surface area contributed by atoms with Crippen LogP contribution >= 0.6 is 0 Å². The van der Waals surface area contributed by atoms with Gasteiger partial charge in [0.25, 0.3) is 5.95 Å². The number of furan rings is 1. The van der Waals surface area contributed by atoms with Crippen LogP contribution in [-0.2, 0) is 4.79 Å². The summed E-state index contributed by atoms with van der Waals surface area (Å²) in [7, 11) is 4.22. The van der Waals surface area contributed by atoms with Crippen molar-refractivity contribution in [3.8, 4) is 17.3 Å². The Balaban J connectivity index is 1.38. The summed E-state index contributed by atoms with van der Waals surface area (Å²) in [6.45, 7) is 7.63. The number of aryl methyl sites for hydroxylation is 1. The van der Waals surface area contributed by atoms with Crippen LogP contribution in [0.25, 0.3) is 11.3 Å². The number of hydrogen-bond donors (Lipinski definition) is 2. The molecule has 8 nitrogen and oxygen atoms in total. The first-order valence-corrected chi connectivity index (χ1v) is 12.2. The van der Waals surface area contributed by atoms with Crippen LogP contribution in [0.3, 0.4) is 0 Å². The highest BCUT2D eigenvalue weighted by Crippen LogP contribution is 2.33. The lowest BCUT2D eigenvalue weighted by Crippen LogP contribution is -2.31. The molecular formula is C28H34N4O4. The first-order chi connectivity index (χ1) is 17.2. The Labute approximate surface area is 212 Å². The van der Waals surface area contributed by atoms with E-state index in [-0.39, 0.29) is 17.8 Å². The van der Waals surface area contributed by atoms with Gasteiger partial charge in [0, 0.05) is 48.1 Å². The molecule has 1 aromatic heterocycles. The van der Waals surface area contributed by atoms with Crippen molar-refractivity contribution in [3.63, 3.8) is 0 Å². The van der Waals surface area contributed by atoms with Crippen molar-refractivity contribution in [2.45, 2.75) is 33.2 Å². The zero-order chi connectivity index (χ0) is 25.8. The van der Waals surface area contributed by atoms with E-state index in [0.717, 1.165) is 30.8 Å². The quantitative estimate of drug-likeness (QED) is 0.448. The Bertz CT molecular complexity index is 1220. The molecule has 2 heterocycles.